The molecule has 3 rings (SSSR count). The van der Waals surface area contributed by atoms with Gasteiger partial charge in [-0.2, -0.15) is 0 Å². The molecule has 2 heterocycles. The van der Waals surface area contributed by atoms with Gasteiger partial charge in [-0.1, -0.05) is 70.4 Å². The lowest BCUT2D eigenvalue weighted by molar-refractivity contribution is -0.136. The van der Waals surface area contributed by atoms with E-state index in [0.29, 0.717) is 19.4 Å². The van der Waals surface area contributed by atoms with Crippen molar-refractivity contribution in [3.63, 3.8) is 0 Å². The zero-order valence-electron chi connectivity index (χ0n) is 17.7. The third-order valence-corrected chi connectivity index (χ3v) is 6.16. The molecule has 1 unspecified atom stereocenters. The summed E-state index contributed by atoms with van der Waals surface area (Å²) in [6, 6.07) is 5.62. The summed E-state index contributed by atoms with van der Waals surface area (Å²) in [6.45, 7) is 2.71. The van der Waals surface area contributed by atoms with E-state index in [9.17, 15) is 14.4 Å². The minimum Gasteiger partial charge on any atom is -0.322 e. The van der Waals surface area contributed by atoms with Crippen LogP contribution >= 0.6 is 0 Å². The van der Waals surface area contributed by atoms with Crippen LogP contribution in [0.15, 0.2) is 18.2 Å². The van der Waals surface area contributed by atoms with Gasteiger partial charge in [0.25, 0.3) is 5.91 Å². The molecule has 3 amide bonds. The minimum atomic E-state index is -0.534. The summed E-state index contributed by atoms with van der Waals surface area (Å²) in [5, 5.41) is 2.35. The predicted molar refractivity (Wildman–Crippen MR) is 113 cm³/mol. The zero-order chi connectivity index (χ0) is 20.6. The molecule has 0 spiro atoms. The number of carbonyl (C=O) groups excluding carboxylic acids is 3. The summed E-state index contributed by atoms with van der Waals surface area (Å²) >= 11 is 0. The third-order valence-electron chi connectivity index (χ3n) is 6.16. The second-order valence-corrected chi connectivity index (χ2v) is 8.47. The van der Waals surface area contributed by atoms with Crippen molar-refractivity contribution in [2.75, 3.05) is 0 Å². The number of imide groups is 1. The molecular formula is C24H34N2O3. The molecule has 1 fully saturated rings. The molecule has 1 N–H and O–H groups in total. The van der Waals surface area contributed by atoms with Crippen LogP contribution in [0.2, 0.25) is 0 Å². The highest BCUT2D eigenvalue weighted by Crippen LogP contribution is 2.28. The molecule has 2 aliphatic heterocycles. The van der Waals surface area contributed by atoms with Crippen LogP contribution in [0.5, 0.6) is 0 Å². The average Bonchev–Trinajstić information content (AvgIpc) is 3.03. The maximum Gasteiger partial charge on any atom is 0.255 e. The van der Waals surface area contributed by atoms with E-state index in [1.165, 1.54) is 56.9 Å². The standard InChI is InChI=1S/C24H34N2O3/c1-2-3-4-5-6-7-8-9-10-11-18-12-13-19-17-26(24(29)20(19)16-18)21-14-15-22(27)25-23(21)28/h12-13,16,21H,2-11,14-15,17H2,1H3,(H,25,27,28). The van der Waals surface area contributed by atoms with Crippen LogP contribution in [0.3, 0.4) is 0 Å². The Kier molecular flexibility index (Phi) is 7.84. The van der Waals surface area contributed by atoms with Crippen LogP contribution in [0, 0.1) is 0 Å². The van der Waals surface area contributed by atoms with Gasteiger partial charge in [-0.25, -0.2) is 0 Å². The van der Waals surface area contributed by atoms with Gasteiger partial charge < -0.3 is 4.90 Å². The Labute approximate surface area is 174 Å². The van der Waals surface area contributed by atoms with Gasteiger partial charge in [-0.15, -0.1) is 0 Å². The molecule has 1 aromatic carbocycles. The first-order valence-corrected chi connectivity index (χ1v) is 11.4. The van der Waals surface area contributed by atoms with Crippen molar-refractivity contribution in [1.82, 2.24) is 10.2 Å². The van der Waals surface area contributed by atoms with Gasteiger partial charge in [0.2, 0.25) is 11.8 Å². The summed E-state index contributed by atoms with van der Waals surface area (Å²) < 4.78 is 0. The second kappa shape index (κ2) is 10.6. The van der Waals surface area contributed by atoms with Crippen LogP contribution in [-0.4, -0.2) is 28.7 Å². The summed E-state index contributed by atoms with van der Waals surface area (Å²) in [5.41, 5.74) is 2.91. The van der Waals surface area contributed by atoms with E-state index in [2.05, 4.69) is 18.3 Å². The predicted octanol–water partition coefficient (Wildman–Crippen LogP) is 4.52. The zero-order valence-corrected chi connectivity index (χ0v) is 17.7. The Balaban J connectivity index is 1.44. The van der Waals surface area contributed by atoms with Gasteiger partial charge in [0.1, 0.15) is 6.04 Å². The Morgan fingerprint density at radius 1 is 0.966 bits per heavy atom. The van der Waals surface area contributed by atoms with Crippen molar-refractivity contribution in [2.24, 2.45) is 0 Å². The first-order chi connectivity index (χ1) is 14.1. The average molecular weight is 399 g/mol. The molecule has 0 bridgehead atoms. The number of nitrogens with one attached hydrogen (secondary N) is 1. The molecule has 0 radical (unpaired) electrons. The van der Waals surface area contributed by atoms with Gasteiger partial charge >= 0.3 is 0 Å². The van der Waals surface area contributed by atoms with Crippen molar-refractivity contribution in [3.05, 3.63) is 34.9 Å². The number of fused-ring (bicyclic) bond motifs is 1. The summed E-state index contributed by atoms with van der Waals surface area (Å²) in [5.74, 6) is -0.681. The molecule has 0 saturated carbocycles. The molecular weight excluding hydrogens is 364 g/mol. The lowest BCUT2D eigenvalue weighted by Crippen LogP contribution is -2.52. The molecule has 1 atom stereocenters. The maximum atomic E-state index is 12.9. The van der Waals surface area contributed by atoms with Crippen molar-refractivity contribution in [2.45, 2.75) is 96.6 Å². The van der Waals surface area contributed by atoms with E-state index >= 15 is 0 Å². The first-order valence-electron chi connectivity index (χ1n) is 11.4. The van der Waals surface area contributed by atoms with Gasteiger partial charge in [0, 0.05) is 18.5 Å². The van der Waals surface area contributed by atoms with E-state index < -0.39 is 6.04 Å². The molecule has 158 valence electrons. The molecule has 2 aliphatic rings. The molecule has 0 aromatic heterocycles. The van der Waals surface area contributed by atoms with Crippen LogP contribution in [0.25, 0.3) is 0 Å². The van der Waals surface area contributed by atoms with Gasteiger partial charge in [0.15, 0.2) is 0 Å². The number of unbranched alkanes of at least 4 members (excludes halogenated alkanes) is 8. The van der Waals surface area contributed by atoms with Crippen molar-refractivity contribution < 1.29 is 14.4 Å². The topological polar surface area (TPSA) is 66.5 Å². The van der Waals surface area contributed by atoms with Gasteiger partial charge in [0.05, 0.1) is 0 Å². The monoisotopic (exact) mass is 398 g/mol. The Bertz CT molecular complexity index is 744. The molecule has 5 nitrogen and oxygen atoms in total. The normalized spacial score (nSPS) is 18.9. The first kappa shape index (κ1) is 21.5. The lowest BCUT2D eigenvalue weighted by Gasteiger charge is -2.29. The second-order valence-electron chi connectivity index (χ2n) is 8.47. The van der Waals surface area contributed by atoms with E-state index in [1.807, 2.05) is 12.1 Å². The molecule has 29 heavy (non-hydrogen) atoms. The number of benzene rings is 1. The van der Waals surface area contributed by atoms with Crippen LogP contribution < -0.4 is 5.32 Å². The number of hydrogen-bond acceptors (Lipinski definition) is 3. The van der Waals surface area contributed by atoms with E-state index in [-0.39, 0.29) is 17.7 Å². The highest BCUT2D eigenvalue weighted by atomic mass is 16.2. The number of carbonyl (C=O) groups is 3. The number of amides is 3. The fourth-order valence-corrected chi connectivity index (χ4v) is 4.40. The minimum absolute atomic E-state index is 0.0802. The van der Waals surface area contributed by atoms with E-state index in [4.69, 9.17) is 0 Å². The largest absolute Gasteiger partial charge is 0.322 e. The maximum absolute atomic E-state index is 12.9. The highest BCUT2D eigenvalue weighted by Gasteiger charge is 2.38. The number of nitrogens with zero attached hydrogens (tertiary/aromatic N) is 1. The van der Waals surface area contributed by atoms with E-state index in [0.717, 1.165) is 24.0 Å². The molecule has 5 heteroatoms. The smallest absolute Gasteiger partial charge is 0.255 e. The van der Waals surface area contributed by atoms with Crippen molar-refractivity contribution >= 4 is 17.7 Å². The Morgan fingerprint density at radius 3 is 2.34 bits per heavy atom. The Morgan fingerprint density at radius 2 is 1.66 bits per heavy atom. The summed E-state index contributed by atoms with van der Waals surface area (Å²) in [4.78, 5) is 38.0. The fourth-order valence-electron chi connectivity index (χ4n) is 4.40. The highest BCUT2D eigenvalue weighted by molar-refractivity contribution is 6.05. The fraction of sp³-hybridized carbons (Fsp3) is 0.625. The quantitative estimate of drug-likeness (QED) is 0.440. The van der Waals surface area contributed by atoms with Crippen LogP contribution in [0.1, 0.15) is 99.0 Å². The molecule has 1 saturated heterocycles. The number of rotatable bonds is 11. The number of piperidine rings is 1. The summed E-state index contributed by atoms with van der Waals surface area (Å²) in [7, 11) is 0. The van der Waals surface area contributed by atoms with E-state index in [1.54, 1.807) is 4.90 Å². The molecule has 1 aromatic rings. The number of hydrogen-bond donors (Lipinski definition) is 1. The van der Waals surface area contributed by atoms with Crippen LogP contribution in [-0.2, 0) is 22.6 Å². The van der Waals surface area contributed by atoms with Crippen molar-refractivity contribution in [1.29, 1.82) is 0 Å². The lowest BCUT2D eigenvalue weighted by atomic mass is 10.0. The van der Waals surface area contributed by atoms with Crippen LogP contribution in [0.4, 0.5) is 0 Å². The number of aryl methyl sites for hydroxylation is 1. The van der Waals surface area contributed by atoms with Crippen molar-refractivity contribution in [3.8, 4) is 0 Å². The van der Waals surface area contributed by atoms with Gasteiger partial charge in [-0.05, 0) is 36.5 Å². The third kappa shape index (κ3) is 5.68. The SMILES string of the molecule is CCCCCCCCCCCc1ccc2c(c1)C(=O)N(C1CCC(=O)NC1=O)C2. The molecule has 0 aliphatic carbocycles. The van der Waals surface area contributed by atoms with Gasteiger partial charge in [-0.3, -0.25) is 19.7 Å². The summed E-state index contributed by atoms with van der Waals surface area (Å²) in [6.07, 6.45) is 13.5. The Hall–Kier alpha value is -2.17.